The zero-order valence-corrected chi connectivity index (χ0v) is 13.1. The fraction of sp³-hybridized carbons (Fsp3) is 0.438. The highest BCUT2D eigenvalue weighted by molar-refractivity contribution is 5.87. The molecule has 0 aliphatic carbocycles. The lowest BCUT2D eigenvalue weighted by Crippen LogP contribution is -2.42. The lowest BCUT2D eigenvalue weighted by atomic mass is 10.0. The summed E-state index contributed by atoms with van der Waals surface area (Å²) >= 11 is 0. The van der Waals surface area contributed by atoms with Gasteiger partial charge in [-0.2, -0.15) is 0 Å². The van der Waals surface area contributed by atoms with E-state index < -0.39 is 12.0 Å². The molecule has 0 aromatic heterocycles. The summed E-state index contributed by atoms with van der Waals surface area (Å²) in [5.74, 6) is -1.03. The number of ketones is 2. The van der Waals surface area contributed by atoms with Gasteiger partial charge in [-0.3, -0.25) is 9.59 Å². The van der Waals surface area contributed by atoms with Gasteiger partial charge >= 0.3 is 5.97 Å². The fourth-order valence-corrected chi connectivity index (χ4v) is 2.02. The van der Waals surface area contributed by atoms with Crippen LogP contribution in [0.15, 0.2) is 24.3 Å². The number of hydrogen-bond acceptors (Lipinski definition) is 5. The number of aromatic carboxylic acids is 1. The first-order valence-corrected chi connectivity index (χ1v) is 7.02. The number of carbonyl (C=O) groups excluding carboxylic acids is 2. The molecule has 0 unspecified atom stereocenters. The van der Waals surface area contributed by atoms with E-state index in [9.17, 15) is 14.4 Å². The van der Waals surface area contributed by atoms with Crippen molar-refractivity contribution in [2.24, 2.45) is 0 Å². The summed E-state index contributed by atoms with van der Waals surface area (Å²) in [6, 6.07) is 5.92. The average Bonchev–Trinajstić information content (AvgIpc) is 2.42. The van der Waals surface area contributed by atoms with Crippen LogP contribution in [0.25, 0.3) is 0 Å². The number of nitrogens with one attached hydrogen (secondary N) is 1. The van der Waals surface area contributed by atoms with Gasteiger partial charge in [0, 0.05) is 0 Å². The molecule has 0 bridgehead atoms. The quantitative estimate of drug-likeness (QED) is 0.695. The highest BCUT2D eigenvalue weighted by Crippen LogP contribution is 2.08. The molecule has 0 amide bonds. The minimum absolute atomic E-state index is 0.0116. The number of Topliss-reactive ketones (excluding diaryl/α,β-unsaturated/α-hetero) is 2. The van der Waals surface area contributed by atoms with Gasteiger partial charge in [-0.25, -0.2) is 4.79 Å². The second-order valence-corrected chi connectivity index (χ2v) is 5.53. The maximum absolute atomic E-state index is 11.7. The standard InChI is InChI=1S/C16H22N2O4/c1-11(19)15(17-9-14(20)10-18(2)3)8-12-4-6-13(7-5-12)16(21)22/h4-7,15,17H,8-10H2,1-3H3,(H,21,22)/t15-/m0/s1. The molecule has 6 nitrogen and oxygen atoms in total. The molecule has 6 heteroatoms. The lowest BCUT2D eigenvalue weighted by molar-refractivity contribution is -0.120. The third kappa shape index (κ3) is 6.15. The molecule has 0 fully saturated rings. The first-order valence-electron chi connectivity index (χ1n) is 7.02. The van der Waals surface area contributed by atoms with Crippen molar-refractivity contribution in [1.82, 2.24) is 10.2 Å². The monoisotopic (exact) mass is 306 g/mol. The van der Waals surface area contributed by atoms with Crippen LogP contribution in [-0.4, -0.2) is 60.8 Å². The molecule has 0 saturated heterocycles. The SMILES string of the molecule is CC(=O)[C@H](Cc1ccc(C(=O)O)cc1)NCC(=O)CN(C)C. The first-order chi connectivity index (χ1) is 10.3. The Morgan fingerprint density at radius 3 is 2.23 bits per heavy atom. The van der Waals surface area contributed by atoms with Gasteiger partial charge in [0.15, 0.2) is 5.78 Å². The molecule has 22 heavy (non-hydrogen) atoms. The Kier molecular flexibility index (Phi) is 6.88. The van der Waals surface area contributed by atoms with Crippen LogP contribution in [0.3, 0.4) is 0 Å². The molecule has 0 saturated carbocycles. The maximum Gasteiger partial charge on any atom is 0.335 e. The molecule has 0 aliphatic heterocycles. The number of hydrogen-bond donors (Lipinski definition) is 2. The van der Waals surface area contributed by atoms with Gasteiger partial charge in [0.05, 0.1) is 24.7 Å². The van der Waals surface area contributed by atoms with E-state index in [-0.39, 0.29) is 23.7 Å². The van der Waals surface area contributed by atoms with Gasteiger partial charge < -0.3 is 15.3 Å². The largest absolute Gasteiger partial charge is 0.478 e. The molecule has 0 spiro atoms. The third-order valence-corrected chi connectivity index (χ3v) is 3.17. The molecule has 0 aliphatic rings. The van der Waals surface area contributed by atoms with E-state index in [1.807, 2.05) is 14.1 Å². The number of rotatable bonds is 9. The molecule has 1 rings (SSSR count). The van der Waals surface area contributed by atoms with Gasteiger partial charge in [0.1, 0.15) is 5.78 Å². The van der Waals surface area contributed by atoms with Crippen LogP contribution in [0.2, 0.25) is 0 Å². The number of likely N-dealkylation sites (N-methyl/N-ethyl adjacent to an activating group) is 1. The normalized spacial score (nSPS) is 12.2. The van der Waals surface area contributed by atoms with E-state index in [0.29, 0.717) is 13.0 Å². The zero-order chi connectivity index (χ0) is 16.7. The highest BCUT2D eigenvalue weighted by Gasteiger charge is 2.16. The number of carbonyl (C=O) groups is 3. The van der Waals surface area contributed by atoms with E-state index >= 15 is 0 Å². The number of carboxylic acids is 1. The Bertz CT molecular complexity index is 538. The lowest BCUT2D eigenvalue weighted by Gasteiger charge is -2.16. The van der Waals surface area contributed by atoms with Crippen molar-refractivity contribution < 1.29 is 19.5 Å². The van der Waals surface area contributed by atoms with E-state index in [1.165, 1.54) is 19.1 Å². The molecule has 0 heterocycles. The predicted octanol–water partition coefficient (Wildman–Crippen LogP) is 0.605. The van der Waals surface area contributed by atoms with Crippen LogP contribution in [-0.2, 0) is 16.0 Å². The molecule has 1 aromatic rings. The Morgan fingerprint density at radius 2 is 1.77 bits per heavy atom. The van der Waals surface area contributed by atoms with Crippen molar-refractivity contribution in [2.45, 2.75) is 19.4 Å². The number of carboxylic acid groups (broad SMARTS) is 1. The van der Waals surface area contributed by atoms with Crippen molar-refractivity contribution in [3.63, 3.8) is 0 Å². The van der Waals surface area contributed by atoms with Crippen molar-refractivity contribution >= 4 is 17.5 Å². The van der Waals surface area contributed by atoms with E-state index in [1.54, 1.807) is 17.0 Å². The van der Waals surface area contributed by atoms with Crippen LogP contribution in [0.5, 0.6) is 0 Å². The number of benzene rings is 1. The average molecular weight is 306 g/mol. The smallest absolute Gasteiger partial charge is 0.335 e. The van der Waals surface area contributed by atoms with Crippen LogP contribution in [0.1, 0.15) is 22.8 Å². The molecule has 1 aromatic carbocycles. The topological polar surface area (TPSA) is 86.7 Å². The Morgan fingerprint density at radius 1 is 1.18 bits per heavy atom. The Balaban J connectivity index is 2.62. The van der Waals surface area contributed by atoms with E-state index in [2.05, 4.69) is 5.32 Å². The van der Waals surface area contributed by atoms with Crippen LogP contribution in [0.4, 0.5) is 0 Å². The molecular formula is C16H22N2O4. The minimum atomic E-state index is -0.984. The molecule has 0 radical (unpaired) electrons. The summed E-state index contributed by atoms with van der Waals surface area (Å²) in [6.07, 6.45) is 0.421. The van der Waals surface area contributed by atoms with Crippen molar-refractivity contribution in [3.05, 3.63) is 35.4 Å². The van der Waals surface area contributed by atoms with Crippen molar-refractivity contribution in [2.75, 3.05) is 27.2 Å². The third-order valence-electron chi connectivity index (χ3n) is 3.17. The van der Waals surface area contributed by atoms with Crippen molar-refractivity contribution in [3.8, 4) is 0 Å². The second kappa shape index (κ2) is 8.41. The second-order valence-electron chi connectivity index (χ2n) is 5.53. The Labute approximate surface area is 130 Å². The molecule has 120 valence electrons. The summed E-state index contributed by atoms with van der Waals surface area (Å²) < 4.78 is 0. The molecule has 1 atom stereocenters. The van der Waals surface area contributed by atoms with Crippen LogP contribution >= 0.6 is 0 Å². The van der Waals surface area contributed by atoms with E-state index in [0.717, 1.165) is 5.56 Å². The molecular weight excluding hydrogens is 284 g/mol. The summed E-state index contributed by atoms with van der Waals surface area (Å²) in [5, 5.41) is 11.8. The van der Waals surface area contributed by atoms with Crippen LogP contribution < -0.4 is 5.32 Å². The maximum atomic E-state index is 11.7. The summed E-state index contributed by atoms with van der Waals surface area (Å²) in [6.45, 7) is 1.93. The van der Waals surface area contributed by atoms with Gasteiger partial charge in [-0.15, -0.1) is 0 Å². The minimum Gasteiger partial charge on any atom is -0.478 e. The fourth-order valence-electron chi connectivity index (χ4n) is 2.02. The zero-order valence-electron chi connectivity index (χ0n) is 13.1. The molecule has 2 N–H and O–H groups in total. The number of nitrogens with zero attached hydrogens (tertiary/aromatic N) is 1. The van der Waals surface area contributed by atoms with Gasteiger partial charge in [0.2, 0.25) is 0 Å². The van der Waals surface area contributed by atoms with Gasteiger partial charge in [0.25, 0.3) is 0 Å². The summed E-state index contributed by atoms with van der Waals surface area (Å²) in [4.78, 5) is 35.9. The van der Waals surface area contributed by atoms with Crippen LogP contribution in [0, 0.1) is 0 Å². The predicted molar refractivity (Wildman–Crippen MR) is 83.1 cm³/mol. The van der Waals surface area contributed by atoms with Gasteiger partial charge in [-0.1, -0.05) is 12.1 Å². The Hall–Kier alpha value is -2.05. The van der Waals surface area contributed by atoms with Gasteiger partial charge in [-0.05, 0) is 45.1 Å². The van der Waals surface area contributed by atoms with Crippen molar-refractivity contribution in [1.29, 1.82) is 0 Å². The van der Waals surface area contributed by atoms with E-state index in [4.69, 9.17) is 5.11 Å². The highest BCUT2D eigenvalue weighted by atomic mass is 16.4. The first kappa shape index (κ1) is 18.0. The summed E-state index contributed by atoms with van der Waals surface area (Å²) in [5.41, 5.74) is 1.05. The summed E-state index contributed by atoms with van der Waals surface area (Å²) in [7, 11) is 3.62.